The number of H-pyrrole nitrogens is 1. The number of rotatable bonds is 3. The van der Waals surface area contributed by atoms with Gasteiger partial charge in [-0.3, -0.25) is 0 Å². The minimum absolute atomic E-state index is 0.414. The molecule has 0 aliphatic rings. The summed E-state index contributed by atoms with van der Waals surface area (Å²) in [5, 5.41) is 11.4. The lowest BCUT2D eigenvalue weighted by Gasteiger charge is -2.21. The van der Waals surface area contributed by atoms with Crippen molar-refractivity contribution in [1.82, 2.24) is 25.4 Å². The van der Waals surface area contributed by atoms with E-state index in [1.807, 2.05) is 75.4 Å². The fraction of sp³-hybridized carbons (Fsp3) is 0.200. The molecule has 2 aromatic heterocycles. The van der Waals surface area contributed by atoms with Crippen LogP contribution in [0.5, 0.6) is 5.88 Å². The van der Waals surface area contributed by atoms with E-state index in [0.717, 1.165) is 16.6 Å². The minimum atomic E-state index is -0.414. The molecule has 2 aromatic carbocycles. The predicted octanol–water partition coefficient (Wildman–Crippen LogP) is 4.26. The summed E-state index contributed by atoms with van der Waals surface area (Å²) in [7, 11) is 0. The summed E-state index contributed by atoms with van der Waals surface area (Å²) < 4.78 is 6.10. The average molecular weight is 345 g/mol. The third kappa shape index (κ3) is 3.13. The van der Waals surface area contributed by atoms with Gasteiger partial charge < -0.3 is 4.74 Å². The van der Waals surface area contributed by atoms with Crippen LogP contribution in [0.25, 0.3) is 33.7 Å². The first kappa shape index (κ1) is 16.2. The Bertz CT molecular complexity index is 1050. The molecule has 0 fully saturated rings. The molecule has 0 atom stereocenters. The number of aromatic nitrogens is 5. The zero-order valence-electron chi connectivity index (χ0n) is 14.9. The van der Waals surface area contributed by atoms with Crippen molar-refractivity contribution >= 4 is 11.0 Å². The van der Waals surface area contributed by atoms with Gasteiger partial charge in [0.1, 0.15) is 17.0 Å². The van der Waals surface area contributed by atoms with Gasteiger partial charge >= 0.3 is 0 Å². The molecule has 0 amide bonds. The van der Waals surface area contributed by atoms with E-state index in [4.69, 9.17) is 9.72 Å². The molecule has 0 aliphatic heterocycles. The Hall–Kier alpha value is -3.28. The first-order valence-corrected chi connectivity index (χ1v) is 8.44. The van der Waals surface area contributed by atoms with E-state index in [1.165, 1.54) is 0 Å². The Morgan fingerprint density at radius 1 is 0.731 bits per heavy atom. The third-order valence-electron chi connectivity index (χ3n) is 3.76. The van der Waals surface area contributed by atoms with E-state index in [9.17, 15) is 0 Å². The topological polar surface area (TPSA) is 76.6 Å². The normalized spacial score (nSPS) is 11.7. The number of nitrogens with zero attached hydrogens (tertiary/aromatic N) is 4. The van der Waals surface area contributed by atoms with Crippen molar-refractivity contribution in [1.29, 1.82) is 0 Å². The monoisotopic (exact) mass is 345 g/mol. The van der Waals surface area contributed by atoms with E-state index in [-0.39, 0.29) is 0 Å². The number of para-hydroxylation sites is 2. The minimum Gasteiger partial charge on any atom is -0.470 e. The summed E-state index contributed by atoms with van der Waals surface area (Å²) in [6.45, 7) is 5.94. The molecule has 0 saturated heterocycles. The highest BCUT2D eigenvalue weighted by molar-refractivity contribution is 5.83. The van der Waals surface area contributed by atoms with Gasteiger partial charge in [-0.1, -0.05) is 42.5 Å². The number of hydrogen-bond donors (Lipinski definition) is 1. The van der Waals surface area contributed by atoms with Crippen LogP contribution in [0.2, 0.25) is 0 Å². The summed E-state index contributed by atoms with van der Waals surface area (Å²) in [6, 6.07) is 17.6. The van der Waals surface area contributed by atoms with Crippen molar-refractivity contribution in [2.45, 2.75) is 26.4 Å². The van der Waals surface area contributed by atoms with Crippen molar-refractivity contribution in [2.24, 2.45) is 0 Å². The Morgan fingerprint density at radius 2 is 1.35 bits per heavy atom. The van der Waals surface area contributed by atoms with Gasteiger partial charge in [-0.05, 0) is 32.9 Å². The van der Waals surface area contributed by atoms with Crippen molar-refractivity contribution in [3.05, 3.63) is 54.6 Å². The first-order valence-electron chi connectivity index (χ1n) is 8.44. The van der Waals surface area contributed by atoms with Crippen LogP contribution in [0.4, 0.5) is 0 Å². The van der Waals surface area contributed by atoms with Gasteiger partial charge in [0.25, 0.3) is 0 Å². The molecular weight excluding hydrogens is 326 g/mol. The van der Waals surface area contributed by atoms with E-state index in [0.29, 0.717) is 23.0 Å². The Balaban J connectivity index is 1.94. The molecule has 2 heterocycles. The maximum atomic E-state index is 6.10. The lowest BCUT2D eigenvalue weighted by Crippen LogP contribution is -2.24. The van der Waals surface area contributed by atoms with Gasteiger partial charge in [0.15, 0.2) is 5.69 Å². The lowest BCUT2D eigenvalue weighted by molar-refractivity contribution is 0.125. The second-order valence-corrected chi connectivity index (χ2v) is 6.97. The van der Waals surface area contributed by atoms with Crippen molar-refractivity contribution in [3.63, 3.8) is 0 Å². The van der Waals surface area contributed by atoms with E-state index in [2.05, 4.69) is 20.4 Å². The lowest BCUT2D eigenvalue weighted by atomic mass is 10.1. The smallest absolute Gasteiger partial charge is 0.243 e. The van der Waals surface area contributed by atoms with Gasteiger partial charge in [0.05, 0.1) is 11.0 Å². The Kier molecular flexibility index (Phi) is 3.88. The van der Waals surface area contributed by atoms with Crippen LogP contribution in [-0.4, -0.2) is 31.0 Å². The van der Waals surface area contributed by atoms with Crippen LogP contribution in [0.3, 0.4) is 0 Å². The Morgan fingerprint density at radius 3 is 2.04 bits per heavy atom. The molecule has 0 spiro atoms. The zero-order chi connectivity index (χ0) is 18.1. The van der Waals surface area contributed by atoms with E-state index < -0.39 is 5.60 Å². The number of aromatic amines is 1. The van der Waals surface area contributed by atoms with Crippen molar-refractivity contribution in [3.8, 4) is 28.5 Å². The number of benzene rings is 2. The standard InChI is InChI=1S/C20H19N5O/c1-20(2,3)26-19-18(21-14-11-7-8-12-15(14)22-19)17-16(23-25-24-17)13-9-5-4-6-10-13/h4-12H,1-3H3,(H,23,24,25). The molecule has 0 bridgehead atoms. The van der Waals surface area contributed by atoms with Crippen LogP contribution < -0.4 is 4.74 Å². The third-order valence-corrected chi connectivity index (χ3v) is 3.76. The second-order valence-electron chi connectivity index (χ2n) is 6.97. The number of hydrogen-bond acceptors (Lipinski definition) is 5. The van der Waals surface area contributed by atoms with Crippen LogP contribution in [0, 0.1) is 0 Å². The summed E-state index contributed by atoms with van der Waals surface area (Å²) >= 11 is 0. The molecular formula is C20H19N5O. The summed E-state index contributed by atoms with van der Waals surface area (Å²) in [5.41, 5.74) is 4.01. The second kappa shape index (κ2) is 6.22. The molecule has 0 unspecified atom stereocenters. The van der Waals surface area contributed by atoms with Gasteiger partial charge in [-0.2, -0.15) is 15.4 Å². The number of nitrogens with one attached hydrogen (secondary N) is 1. The zero-order valence-corrected chi connectivity index (χ0v) is 14.9. The van der Waals surface area contributed by atoms with Gasteiger partial charge in [-0.15, -0.1) is 0 Å². The molecule has 6 nitrogen and oxygen atoms in total. The summed E-state index contributed by atoms with van der Waals surface area (Å²) in [5.74, 6) is 0.447. The molecule has 0 aliphatic carbocycles. The fourth-order valence-corrected chi connectivity index (χ4v) is 2.69. The van der Waals surface area contributed by atoms with E-state index in [1.54, 1.807) is 0 Å². The summed E-state index contributed by atoms with van der Waals surface area (Å²) in [4.78, 5) is 9.46. The fourth-order valence-electron chi connectivity index (χ4n) is 2.69. The molecule has 4 aromatic rings. The molecule has 26 heavy (non-hydrogen) atoms. The number of fused-ring (bicyclic) bond motifs is 1. The highest BCUT2D eigenvalue weighted by Gasteiger charge is 2.23. The van der Waals surface area contributed by atoms with Gasteiger partial charge in [0, 0.05) is 5.56 Å². The molecule has 130 valence electrons. The van der Waals surface area contributed by atoms with Gasteiger partial charge in [0.2, 0.25) is 5.88 Å². The summed E-state index contributed by atoms with van der Waals surface area (Å²) in [6.07, 6.45) is 0. The molecule has 0 radical (unpaired) electrons. The Labute approximate surface area is 151 Å². The van der Waals surface area contributed by atoms with Crippen molar-refractivity contribution < 1.29 is 4.74 Å². The van der Waals surface area contributed by atoms with Crippen LogP contribution >= 0.6 is 0 Å². The molecule has 4 rings (SSSR count). The maximum absolute atomic E-state index is 6.10. The van der Waals surface area contributed by atoms with Crippen molar-refractivity contribution in [2.75, 3.05) is 0 Å². The predicted molar refractivity (Wildman–Crippen MR) is 101 cm³/mol. The maximum Gasteiger partial charge on any atom is 0.243 e. The quantitative estimate of drug-likeness (QED) is 0.600. The molecule has 6 heteroatoms. The van der Waals surface area contributed by atoms with Crippen LogP contribution in [-0.2, 0) is 0 Å². The average Bonchev–Trinajstić information content (AvgIpc) is 3.10. The highest BCUT2D eigenvalue weighted by atomic mass is 16.5. The SMILES string of the molecule is CC(C)(C)Oc1nc2ccccc2nc1-c1n[nH]nc1-c1ccccc1. The largest absolute Gasteiger partial charge is 0.470 e. The van der Waals surface area contributed by atoms with Crippen LogP contribution in [0.1, 0.15) is 20.8 Å². The highest BCUT2D eigenvalue weighted by Crippen LogP contribution is 2.34. The van der Waals surface area contributed by atoms with Crippen LogP contribution in [0.15, 0.2) is 54.6 Å². The number of ether oxygens (including phenoxy) is 1. The molecule has 1 N–H and O–H groups in total. The van der Waals surface area contributed by atoms with E-state index >= 15 is 0 Å². The van der Waals surface area contributed by atoms with Gasteiger partial charge in [-0.25, -0.2) is 9.97 Å². The first-order chi connectivity index (χ1) is 12.5. The molecule has 0 saturated carbocycles.